The van der Waals surface area contributed by atoms with Gasteiger partial charge in [-0.3, -0.25) is 14.9 Å². The van der Waals surface area contributed by atoms with Gasteiger partial charge in [0.05, 0.1) is 42.6 Å². The summed E-state index contributed by atoms with van der Waals surface area (Å²) >= 11 is 0. The summed E-state index contributed by atoms with van der Waals surface area (Å²) in [5, 5.41) is 17.4. The predicted octanol–water partition coefficient (Wildman–Crippen LogP) is 3.08. The predicted molar refractivity (Wildman–Crippen MR) is 138 cm³/mol. The lowest BCUT2D eigenvalue weighted by molar-refractivity contribution is -0.402. The lowest BCUT2D eigenvalue weighted by Crippen LogP contribution is -2.32. The normalized spacial score (nSPS) is 13.7. The molecular formula is C26H28N4O9. The number of nitrogens with one attached hydrogen (secondary N) is 2. The molecule has 2 aromatic rings. The highest BCUT2D eigenvalue weighted by atomic mass is 16.6. The number of nitrogens with zero attached hydrogens (tertiary/aromatic N) is 2. The molecule has 0 bridgehead atoms. The van der Waals surface area contributed by atoms with E-state index in [0.29, 0.717) is 33.9 Å². The van der Waals surface area contributed by atoms with E-state index >= 15 is 0 Å². The summed E-state index contributed by atoms with van der Waals surface area (Å²) in [4.78, 5) is 47.7. The molecule has 0 fully saturated rings. The molecule has 0 aliphatic carbocycles. The molecular weight excluding hydrogens is 512 g/mol. The van der Waals surface area contributed by atoms with Crippen molar-refractivity contribution >= 4 is 29.9 Å². The molecule has 1 aliphatic heterocycles. The molecule has 0 saturated heterocycles. The fourth-order valence-electron chi connectivity index (χ4n) is 3.90. The van der Waals surface area contributed by atoms with Crippen LogP contribution in [0.5, 0.6) is 5.75 Å². The number of benzene rings is 1. The van der Waals surface area contributed by atoms with Crippen molar-refractivity contribution in [3.63, 3.8) is 0 Å². The van der Waals surface area contributed by atoms with Crippen LogP contribution in [-0.2, 0) is 23.9 Å². The fourth-order valence-corrected chi connectivity index (χ4v) is 3.90. The quantitative estimate of drug-likeness (QED) is 0.187. The Kier molecular flexibility index (Phi) is 9.57. The Balaban J connectivity index is 1.72. The van der Waals surface area contributed by atoms with Crippen LogP contribution in [0.25, 0.3) is 0 Å². The zero-order valence-corrected chi connectivity index (χ0v) is 21.8. The van der Waals surface area contributed by atoms with Gasteiger partial charge in [-0.1, -0.05) is 12.1 Å². The van der Waals surface area contributed by atoms with Crippen molar-refractivity contribution in [2.45, 2.75) is 33.6 Å². The highest BCUT2D eigenvalue weighted by Gasteiger charge is 2.37. The number of dihydropyridines is 1. The van der Waals surface area contributed by atoms with Gasteiger partial charge < -0.3 is 23.9 Å². The number of nitro groups is 1. The van der Waals surface area contributed by atoms with Crippen LogP contribution in [0, 0.1) is 10.1 Å². The first-order valence-electron chi connectivity index (χ1n) is 12.0. The zero-order chi connectivity index (χ0) is 28.5. The van der Waals surface area contributed by atoms with Crippen LogP contribution in [-0.4, -0.2) is 48.8 Å². The van der Waals surface area contributed by atoms with E-state index in [1.54, 1.807) is 52.0 Å². The Labute approximate surface area is 223 Å². The second kappa shape index (κ2) is 13.0. The minimum atomic E-state index is -0.742. The van der Waals surface area contributed by atoms with E-state index in [1.165, 1.54) is 12.1 Å². The molecule has 0 atom stereocenters. The minimum Gasteiger partial charge on any atom is -0.484 e. The SMILES string of the molecule is CCOC(=O)C1=C(C)NC(C)=C(C(=O)OCC)C1c1ccc(OCC(=O)N/N=C/c2ccc([N+](=O)[O-])o2)cc1. The van der Waals surface area contributed by atoms with Crippen LogP contribution in [0.1, 0.15) is 44.9 Å². The van der Waals surface area contributed by atoms with Crippen molar-refractivity contribution in [3.8, 4) is 5.75 Å². The Morgan fingerprint density at radius 1 is 1.03 bits per heavy atom. The average molecular weight is 541 g/mol. The molecule has 0 radical (unpaired) electrons. The molecule has 0 saturated carbocycles. The number of carbonyl (C=O) groups excluding carboxylic acids is 3. The number of hydrogen-bond donors (Lipinski definition) is 2. The zero-order valence-electron chi connectivity index (χ0n) is 21.8. The highest BCUT2D eigenvalue weighted by Crippen LogP contribution is 2.39. The van der Waals surface area contributed by atoms with E-state index < -0.39 is 34.6 Å². The third-order valence-corrected chi connectivity index (χ3v) is 5.51. The number of ether oxygens (including phenoxy) is 3. The summed E-state index contributed by atoms with van der Waals surface area (Å²) < 4.78 is 20.9. The van der Waals surface area contributed by atoms with E-state index in [0.717, 1.165) is 6.21 Å². The van der Waals surface area contributed by atoms with Crippen molar-refractivity contribution in [3.05, 3.63) is 80.4 Å². The smallest absolute Gasteiger partial charge is 0.433 e. The number of carbonyl (C=O) groups is 3. The molecule has 39 heavy (non-hydrogen) atoms. The number of hydrazone groups is 1. The van der Waals surface area contributed by atoms with Crippen molar-refractivity contribution in [2.24, 2.45) is 5.10 Å². The lowest BCUT2D eigenvalue weighted by atomic mass is 9.80. The van der Waals surface area contributed by atoms with Crippen LogP contribution in [0.4, 0.5) is 5.88 Å². The van der Waals surface area contributed by atoms with E-state index in [2.05, 4.69) is 15.8 Å². The van der Waals surface area contributed by atoms with Crippen molar-refractivity contribution in [1.29, 1.82) is 0 Å². The van der Waals surface area contributed by atoms with Gasteiger partial charge in [0.1, 0.15) is 10.7 Å². The Bertz CT molecular complexity index is 1300. The van der Waals surface area contributed by atoms with Crippen LogP contribution in [0.3, 0.4) is 0 Å². The number of furan rings is 1. The third-order valence-electron chi connectivity index (χ3n) is 5.51. The Morgan fingerprint density at radius 3 is 2.13 bits per heavy atom. The van der Waals surface area contributed by atoms with E-state index in [9.17, 15) is 24.5 Å². The van der Waals surface area contributed by atoms with Crippen molar-refractivity contribution in [1.82, 2.24) is 10.7 Å². The van der Waals surface area contributed by atoms with E-state index in [-0.39, 0.29) is 25.6 Å². The van der Waals surface area contributed by atoms with Gasteiger partial charge in [-0.2, -0.15) is 5.10 Å². The van der Waals surface area contributed by atoms with Crippen molar-refractivity contribution < 1.29 is 37.9 Å². The van der Waals surface area contributed by atoms with Gasteiger partial charge in [-0.05, 0) is 51.5 Å². The van der Waals surface area contributed by atoms with Crippen LogP contribution in [0.15, 0.2) is 68.5 Å². The van der Waals surface area contributed by atoms with Gasteiger partial charge in [0.2, 0.25) is 0 Å². The van der Waals surface area contributed by atoms with Gasteiger partial charge in [0, 0.05) is 11.4 Å². The Hall–Kier alpha value is -4.94. The molecule has 0 spiro atoms. The van der Waals surface area contributed by atoms with Crippen LogP contribution >= 0.6 is 0 Å². The maximum atomic E-state index is 12.9. The summed E-state index contributed by atoms with van der Waals surface area (Å²) in [5.74, 6) is -2.43. The number of rotatable bonds is 11. The molecule has 0 unspecified atom stereocenters. The molecule has 1 aliphatic rings. The summed E-state index contributed by atoms with van der Waals surface area (Å²) in [5.41, 5.74) is 4.55. The second-order valence-corrected chi connectivity index (χ2v) is 8.16. The molecule has 13 heteroatoms. The second-order valence-electron chi connectivity index (χ2n) is 8.16. The van der Waals surface area contributed by atoms with Gasteiger partial charge in [-0.15, -0.1) is 0 Å². The first-order chi connectivity index (χ1) is 18.7. The molecule has 2 heterocycles. The molecule has 2 N–H and O–H groups in total. The molecule has 13 nitrogen and oxygen atoms in total. The molecule has 1 aromatic carbocycles. The fraction of sp³-hybridized carbons (Fsp3) is 0.308. The monoisotopic (exact) mass is 540 g/mol. The van der Waals surface area contributed by atoms with Gasteiger partial charge in [0.15, 0.2) is 12.4 Å². The number of allylic oxidation sites excluding steroid dienone is 2. The standard InChI is InChI=1S/C26H28N4O9/c1-5-36-25(32)22-15(3)28-16(4)23(26(33)37-6-2)24(22)17-7-9-18(10-8-17)38-14-20(31)29-27-13-19-11-12-21(39-19)30(34)35/h7-13,24,28H,5-6,14H2,1-4H3,(H,29,31)/b27-13+. The van der Waals surface area contributed by atoms with Crippen LogP contribution < -0.4 is 15.5 Å². The van der Waals surface area contributed by atoms with Crippen molar-refractivity contribution in [2.75, 3.05) is 19.8 Å². The van der Waals surface area contributed by atoms with E-state index in [1.807, 2.05) is 0 Å². The maximum Gasteiger partial charge on any atom is 0.433 e. The van der Waals surface area contributed by atoms with E-state index in [4.69, 9.17) is 18.6 Å². The number of esters is 2. The summed E-state index contributed by atoms with van der Waals surface area (Å²) in [7, 11) is 0. The molecule has 1 amide bonds. The first kappa shape index (κ1) is 28.6. The number of amides is 1. The highest BCUT2D eigenvalue weighted by molar-refractivity contribution is 5.99. The summed E-state index contributed by atoms with van der Waals surface area (Å²) in [6, 6.07) is 9.08. The lowest BCUT2D eigenvalue weighted by Gasteiger charge is -2.30. The van der Waals surface area contributed by atoms with Crippen LogP contribution in [0.2, 0.25) is 0 Å². The minimum absolute atomic E-state index is 0.0920. The average Bonchev–Trinajstić information content (AvgIpc) is 3.37. The Morgan fingerprint density at radius 2 is 1.62 bits per heavy atom. The molecule has 206 valence electrons. The van der Waals surface area contributed by atoms with Gasteiger partial charge in [-0.25, -0.2) is 15.0 Å². The first-order valence-corrected chi connectivity index (χ1v) is 12.0. The number of hydrogen-bond acceptors (Lipinski definition) is 11. The molecule has 3 rings (SSSR count). The summed E-state index contributed by atoms with van der Waals surface area (Å²) in [6.45, 7) is 6.82. The summed E-state index contributed by atoms with van der Waals surface area (Å²) in [6.07, 6.45) is 1.12. The van der Waals surface area contributed by atoms with Gasteiger partial charge in [0.25, 0.3) is 5.91 Å². The van der Waals surface area contributed by atoms with Gasteiger partial charge >= 0.3 is 17.8 Å². The maximum absolute atomic E-state index is 12.9. The largest absolute Gasteiger partial charge is 0.484 e. The topological polar surface area (TPSA) is 172 Å². The molecule has 1 aromatic heterocycles. The third kappa shape index (κ3) is 7.09.